The van der Waals surface area contributed by atoms with Gasteiger partial charge in [0.2, 0.25) is 5.91 Å². The second-order valence-corrected chi connectivity index (χ2v) is 8.95. The van der Waals surface area contributed by atoms with E-state index in [9.17, 15) is 4.79 Å². The summed E-state index contributed by atoms with van der Waals surface area (Å²) in [5.74, 6) is 1.17. The first-order chi connectivity index (χ1) is 18.0. The third-order valence-corrected chi connectivity index (χ3v) is 6.62. The SMILES string of the molecule is COc1ccc(-n2cccc2[C@@H]2[C@@H](c3ccccn3)NC(=S)N2c2ccc(OC)c(NC(C)=O)c2)cc1. The van der Waals surface area contributed by atoms with Crippen molar-refractivity contribution < 1.29 is 14.3 Å². The molecule has 9 heteroatoms. The Kier molecular flexibility index (Phi) is 6.78. The van der Waals surface area contributed by atoms with E-state index in [2.05, 4.69) is 31.2 Å². The minimum absolute atomic E-state index is 0.186. The normalized spacial score (nSPS) is 16.8. The molecule has 0 saturated carbocycles. The number of methoxy groups -OCH3 is 2. The van der Waals surface area contributed by atoms with Crippen molar-refractivity contribution in [3.63, 3.8) is 0 Å². The molecule has 2 aromatic heterocycles. The molecule has 2 aromatic carbocycles. The molecule has 5 rings (SSSR count). The van der Waals surface area contributed by atoms with Crippen LogP contribution in [-0.2, 0) is 4.79 Å². The summed E-state index contributed by atoms with van der Waals surface area (Å²) in [6.45, 7) is 1.47. The smallest absolute Gasteiger partial charge is 0.221 e. The van der Waals surface area contributed by atoms with Crippen molar-refractivity contribution in [3.05, 3.63) is 96.6 Å². The van der Waals surface area contributed by atoms with Crippen LogP contribution in [0.5, 0.6) is 11.5 Å². The second kappa shape index (κ2) is 10.3. The van der Waals surface area contributed by atoms with Crippen LogP contribution in [-0.4, -0.2) is 34.8 Å². The van der Waals surface area contributed by atoms with Crippen LogP contribution in [0.2, 0.25) is 0 Å². The zero-order valence-corrected chi connectivity index (χ0v) is 21.5. The maximum Gasteiger partial charge on any atom is 0.221 e. The quantitative estimate of drug-likeness (QED) is 0.336. The van der Waals surface area contributed by atoms with Crippen LogP contribution in [0, 0.1) is 0 Å². The Morgan fingerprint density at radius 1 is 1.00 bits per heavy atom. The average Bonchev–Trinajstić information content (AvgIpc) is 3.53. The summed E-state index contributed by atoms with van der Waals surface area (Å²) < 4.78 is 13.0. The van der Waals surface area contributed by atoms with Gasteiger partial charge >= 0.3 is 0 Å². The molecule has 0 unspecified atom stereocenters. The van der Waals surface area contributed by atoms with Crippen molar-refractivity contribution in [2.75, 3.05) is 24.4 Å². The van der Waals surface area contributed by atoms with Gasteiger partial charge in [-0.1, -0.05) is 6.07 Å². The molecule has 0 bridgehead atoms. The second-order valence-electron chi connectivity index (χ2n) is 8.56. The van der Waals surface area contributed by atoms with Gasteiger partial charge in [0.25, 0.3) is 0 Å². The van der Waals surface area contributed by atoms with E-state index in [1.165, 1.54) is 6.92 Å². The summed E-state index contributed by atoms with van der Waals surface area (Å²) in [4.78, 5) is 18.6. The van der Waals surface area contributed by atoms with E-state index in [0.717, 1.165) is 28.5 Å². The van der Waals surface area contributed by atoms with Crippen LogP contribution in [0.4, 0.5) is 11.4 Å². The molecule has 0 aliphatic carbocycles. The van der Waals surface area contributed by atoms with Gasteiger partial charge < -0.3 is 29.6 Å². The van der Waals surface area contributed by atoms with Crippen molar-refractivity contribution in [1.29, 1.82) is 0 Å². The lowest BCUT2D eigenvalue weighted by Crippen LogP contribution is -2.30. The lowest BCUT2D eigenvalue weighted by molar-refractivity contribution is -0.114. The average molecular weight is 514 g/mol. The number of nitrogens with zero attached hydrogens (tertiary/aromatic N) is 3. The maximum absolute atomic E-state index is 11.9. The Hall–Kier alpha value is -4.37. The molecule has 37 heavy (non-hydrogen) atoms. The highest BCUT2D eigenvalue weighted by molar-refractivity contribution is 7.80. The zero-order valence-electron chi connectivity index (χ0n) is 20.7. The molecular weight excluding hydrogens is 486 g/mol. The standard InChI is InChI=1S/C28H27N5O3S/c1-18(34)30-23-17-20(11-14-25(23)36-3)33-27(26(31-28(33)37)22-7-4-5-15-29-22)24-8-6-16-32(24)19-9-12-21(35-2)13-10-19/h4-17,26-27H,1-3H3,(H,30,34)(H,31,37)/t26-,27-/m1/s1. The van der Waals surface area contributed by atoms with Gasteiger partial charge in [-0.2, -0.15) is 0 Å². The summed E-state index contributed by atoms with van der Waals surface area (Å²) >= 11 is 5.88. The van der Waals surface area contributed by atoms with Crippen molar-refractivity contribution in [3.8, 4) is 17.2 Å². The third-order valence-electron chi connectivity index (χ3n) is 6.30. The molecule has 1 fully saturated rings. The number of amides is 1. The number of rotatable bonds is 7. The van der Waals surface area contributed by atoms with Gasteiger partial charge in [-0.15, -0.1) is 0 Å². The fraction of sp³-hybridized carbons (Fsp3) is 0.179. The van der Waals surface area contributed by atoms with Gasteiger partial charge in [0.1, 0.15) is 17.5 Å². The molecule has 2 atom stereocenters. The predicted molar refractivity (Wildman–Crippen MR) is 148 cm³/mol. The first kappa shape index (κ1) is 24.3. The van der Waals surface area contributed by atoms with Crippen molar-refractivity contribution in [2.24, 2.45) is 0 Å². The summed E-state index contributed by atoms with van der Waals surface area (Å²) in [5.41, 5.74) is 4.27. The van der Waals surface area contributed by atoms with Crippen LogP contribution in [0.25, 0.3) is 5.69 Å². The van der Waals surface area contributed by atoms with E-state index in [1.807, 2.05) is 72.9 Å². The Labute approximate surface area is 220 Å². The molecule has 3 heterocycles. The summed E-state index contributed by atoms with van der Waals surface area (Å²) in [6, 6.07) is 23.1. The number of benzene rings is 2. The predicted octanol–water partition coefficient (Wildman–Crippen LogP) is 5.03. The Balaban J connectivity index is 1.64. The highest BCUT2D eigenvalue weighted by Crippen LogP contribution is 2.43. The molecule has 1 aliphatic heterocycles. The number of nitrogens with one attached hydrogen (secondary N) is 2. The molecule has 0 spiro atoms. The maximum atomic E-state index is 11.9. The van der Waals surface area contributed by atoms with E-state index < -0.39 is 0 Å². The van der Waals surface area contributed by atoms with Gasteiger partial charge in [-0.05, 0) is 78.9 Å². The fourth-order valence-electron chi connectivity index (χ4n) is 4.68. The minimum Gasteiger partial charge on any atom is -0.497 e. The van der Waals surface area contributed by atoms with Crippen molar-refractivity contribution in [2.45, 2.75) is 19.0 Å². The Morgan fingerprint density at radius 3 is 2.46 bits per heavy atom. The van der Waals surface area contributed by atoms with Gasteiger partial charge in [-0.3, -0.25) is 9.78 Å². The number of thiocarbonyl (C=S) groups is 1. The third kappa shape index (κ3) is 4.73. The number of anilines is 2. The number of pyridine rings is 1. The monoisotopic (exact) mass is 513 g/mol. The molecule has 0 radical (unpaired) electrons. The first-order valence-corrected chi connectivity index (χ1v) is 12.2. The fourth-order valence-corrected chi connectivity index (χ4v) is 5.03. The molecule has 1 aliphatic rings. The number of ether oxygens (including phenoxy) is 2. The van der Waals surface area contributed by atoms with Gasteiger partial charge in [0.15, 0.2) is 5.11 Å². The number of aromatic nitrogens is 2. The topological polar surface area (TPSA) is 80.7 Å². The lowest BCUT2D eigenvalue weighted by atomic mass is 10.0. The molecule has 188 valence electrons. The minimum atomic E-state index is -0.238. The molecular formula is C28H27N5O3S. The van der Waals surface area contributed by atoms with Crippen LogP contribution < -0.4 is 25.0 Å². The Morgan fingerprint density at radius 2 is 1.78 bits per heavy atom. The Bertz CT molecular complexity index is 1420. The van der Waals surface area contributed by atoms with Gasteiger partial charge in [0, 0.05) is 36.4 Å². The molecule has 1 amide bonds. The van der Waals surface area contributed by atoms with E-state index in [-0.39, 0.29) is 18.0 Å². The molecule has 2 N–H and O–H groups in total. The summed E-state index contributed by atoms with van der Waals surface area (Å²) in [7, 11) is 3.23. The molecule has 8 nitrogen and oxygen atoms in total. The van der Waals surface area contributed by atoms with Crippen LogP contribution in [0.15, 0.2) is 85.2 Å². The zero-order chi connectivity index (χ0) is 25.9. The first-order valence-electron chi connectivity index (χ1n) is 11.8. The number of carbonyl (C=O) groups excluding carboxylic acids is 1. The van der Waals surface area contributed by atoms with E-state index in [0.29, 0.717) is 16.5 Å². The lowest BCUT2D eigenvalue weighted by Gasteiger charge is -2.29. The largest absolute Gasteiger partial charge is 0.497 e. The number of hydrogen-bond acceptors (Lipinski definition) is 5. The highest BCUT2D eigenvalue weighted by Gasteiger charge is 2.42. The number of carbonyl (C=O) groups is 1. The number of hydrogen-bond donors (Lipinski definition) is 2. The van der Waals surface area contributed by atoms with E-state index in [4.69, 9.17) is 21.7 Å². The molecule has 1 saturated heterocycles. The molecule has 4 aromatic rings. The van der Waals surface area contributed by atoms with E-state index in [1.54, 1.807) is 20.4 Å². The van der Waals surface area contributed by atoms with Crippen LogP contribution in [0.3, 0.4) is 0 Å². The van der Waals surface area contributed by atoms with Gasteiger partial charge in [0.05, 0.1) is 31.6 Å². The van der Waals surface area contributed by atoms with Gasteiger partial charge in [-0.25, -0.2) is 0 Å². The van der Waals surface area contributed by atoms with Crippen molar-refractivity contribution in [1.82, 2.24) is 14.9 Å². The van der Waals surface area contributed by atoms with Crippen molar-refractivity contribution >= 4 is 34.6 Å². The summed E-state index contributed by atoms with van der Waals surface area (Å²) in [5, 5.41) is 6.90. The van der Waals surface area contributed by atoms with Crippen LogP contribution in [0.1, 0.15) is 30.4 Å². The highest BCUT2D eigenvalue weighted by atomic mass is 32.1. The van der Waals surface area contributed by atoms with E-state index >= 15 is 0 Å². The summed E-state index contributed by atoms with van der Waals surface area (Å²) in [6.07, 6.45) is 3.81. The van der Waals surface area contributed by atoms with Crippen LogP contribution >= 0.6 is 12.2 Å².